The van der Waals surface area contributed by atoms with Crippen molar-refractivity contribution in [3.8, 4) is 0 Å². The van der Waals surface area contributed by atoms with Crippen molar-refractivity contribution in [3.05, 3.63) is 59.7 Å². The maximum absolute atomic E-state index is 12.2. The Hall–Kier alpha value is -2.72. The van der Waals surface area contributed by atoms with Gasteiger partial charge in [0.25, 0.3) is 20.0 Å². The van der Waals surface area contributed by atoms with Crippen LogP contribution in [0.3, 0.4) is 0 Å². The minimum Gasteiger partial charge on any atom is -0.200 e. The molecule has 2 aromatic rings. The monoisotopic (exact) mass is 422 g/mol. The third kappa shape index (κ3) is 5.64. The van der Waals surface area contributed by atoms with E-state index < -0.39 is 20.0 Å². The van der Waals surface area contributed by atoms with Gasteiger partial charge in [0.1, 0.15) is 0 Å². The van der Waals surface area contributed by atoms with Crippen molar-refractivity contribution in [1.29, 1.82) is 0 Å². The van der Waals surface area contributed by atoms with Crippen LogP contribution in [0, 0.1) is 13.8 Å². The Morgan fingerprint density at radius 1 is 0.643 bits per heavy atom. The molecule has 0 aliphatic heterocycles. The zero-order valence-corrected chi connectivity index (χ0v) is 17.6. The van der Waals surface area contributed by atoms with E-state index in [1.807, 2.05) is 13.8 Å². The first-order chi connectivity index (χ1) is 13.0. The fourth-order valence-corrected chi connectivity index (χ4v) is 3.67. The summed E-state index contributed by atoms with van der Waals surface area (Å²) in [5.41, 5.74) is 2.29. The lowest BCUT2D eigenvalue weighted by Crippen LogP contribution is -2.24. The summed E-state index contributed by atoms with van der Waals surface area (Å²) in [6, 6.07) is 12.6. The Bertz CT molecular complexity index is 1010. The molecule has 2 rings (SSSR count). The first kappa shape index (κ1) is 21.6. The summed E-state index contributed by atoms with van der Waals surface area (Å²) in [6.07, 6.45) is 0. The van der Waals surface area contributed by atoms with Gasteiger partial charge in [0.15, 0.2) is 0 Å². The quantitative estimate of drug-likeness (QED) is 0.526. The molecular formula is C18H22N4O4S2. The van der Waals surface area contributed by atoms with Crippen molar-refractivity contribution in [3.63, 3.8) is 0 Å². The number of hydrogen-bond acceptors (Lipinski definition) is 6. The molecule has 2 N–H and O–H groups in total. The molecule has 0 amide bonds. The minimum atomic E-state index is -3.83. The number of hydrazone groups is 2. The van der Waals surface area contributed by atoms with Crippen molar-refractivity contribution < 1.29 is 16.8 Å². The lowest BCUT2D eigenvalue weighted by molar-refractivity contribution is 0.582. The second-order valence-corrected chi connectivity index (χ2v) is 9.53. The van der Waals surface area contributed by atoms with Gasteiger partial charge in [-0.25, -0.2) is 0 Å². The molecule has 0 spiro atoms. The Labute approximate surface area is 165 Å². The van der Waals surface area contributed by atoms with Crippen LogP contribution in [0.5, 0.6) is 0 Å². The average Bonchev–Trinajstić information content (AvgIpc) is 2.65. The highest BCUT2D eigenvalue weighted by Crippen LogP contribution is 2.11. The lowest BCUT2D eigenvalue weighted by Gasteiger charge is -2.07. The van der Waals surface area contributed by atoms with E-state index >= 15 is 0 Å². The van der Waals surface area contributed by atoms with E-state index in [0.717, 1.165) is 11.1 Å². The van der Waals surface area contributed by atoms with Crippen LogP contribution in [0.15, 0.2) is 68.5 Å². The number of aryl methyl sites for hydroxylation is 2. The maximum Gasteiger partial charge on any atom is 0.276 e. The molecule has 10 heteroatoms. The largest absolute Gasteiger partial charge is 0.276 e. The number of nitrogens with zero attached hydrogens (tertiary/aromatic N) is 2. The van der Waals surface area contributed by atoms with Gasteiger partial charge in [-0.05, 0) is 52.0 Å². The van der Waals surface area contributed by atoms with Gasteiger partial charge in [-0.1, -0.05) is 35.4 Å². The first-order valence-corrected chi connectivity index (χ1v) is 11.2. The van der Waals surface area contributed by atoms with Gasteiger partial charge >= 0.3 is 0 Å². The van der Waals surface area contributed by atoms with Crippen molar-refractivity contribution >= 4 is 31.5 Å². The van der Waals surface area contributed by atoms with Crippen LogP contribution in [-0.2, 0) is 20.0 Å². The van der Waals surface area contributed by atoms with E-state index in [-0.39, 0.29) is 21.2 Å². The van der Waals surface area contributed by atoms with Gasteiger partial charge in [-0.2, -0.15) is 36.7 Å². The van der Waals surface area contributed by atoms with Gasteiger partial charge in [0, 0.05) is 0 Å². The number of nitrogens with one attached hydrogen (secondary N) is 2. The van der Waals surface area contributed by atoms with Crippen LogP contribution in [0.4, 0.5) is 0 Å². The SMILES string of the molecule is CC(=NNS(=O)(=O)c1ccc(C)cc1)C(C)=NNS(=O)(=O)c1ccc(C)cc1. The van der Waals surface area contributed by atoms with Gasteiger partial charge in [0.05, 0.1) is 21.2 Å². The minimum absolute atomic E-state index is 0.0734. The van der Waals surface area contributed by atoms with E-state index in [1.165, 1.54) is 38.1 Å². The predicted molar refractivity (Wildman–Crippen MR) is 109 cm³/mol. The van der Waals surface area contributed by atoms with Crippen LogP contribution < -0.4 is 9.66 Å². The van der Waals surface area contributed by atoms with E-state index in [2.05, 4.69) is 19.9 Å². The van der Waals surface area contributed by atoms with E-state index in [4.69, 9.17) is 0 Å². The molecule has 0 fully saturated rings. The summed E-state index contributed by atoms with van der Waals surface area (Å²) in [5.74, 6) is 0. The predicted octanol–water partition coefficient (Wildman–Crippen LogP) is 2.31. The van der Waals surface area contributed by atoms with Crippen LogP contribution in [0.25, 0.3) is 0 Å². The Morgan fingerprint density at radius 2 is 0.929 bits per heavy atom. The van der Waals surface area contributed by atoms with Gasteiger partial charge in [0.2, 0.25) is 0 Å². The smallest absolute Gasteiger partial charge is 0.200 e. The first-order valence-electron chi connectivity index (χ1n) is 8.27. The van der Waals surface area contributed by atoms with Crippen molar-refractivity contribution in [2.45, 2.75) is 37.5 Å². The topological polar surface area (TPSA) is 117 Å². The molecular weight excluding hydrogens is 400 g/mol. The third-order valence-electron chi connectivity index (χ3n) is 3.85. The van der Waals surface area contributed by atoms with Crippen molar-refractivity contribution in [2.24, 2.45) is 10.2 Å². The highest BCUT2D eigenvalue weighted by atomic mass is 32.2. The molecule has 0 bridgehead atoms. The highest BCUT2D eigenvalue weighted by Gasteiger charge is 2.14. The summed E-state index contributed by atoms with van der Waals surface area (Å²) < 4.78 is 48.9. The molecule has 0 saturated heterocycles. The second kappa shape index (κ2) is 8.53. The molecule has 0 saturated carbocycles. The number of sulfonamides is 2. The third-order valence-corrected chi connectivity index (χ3v) is 6.30. The van der Waals surface area contributed by atoms with Crippen LogP contribution >= 0.6 is 0 Å². The Morgan fingerprint density at radius 3 is 1.21 bits per heavy atom. The number of rotatable bonds is 7. The van der Waals surface area contributed by atoms with Crippen molar-refractivity contribution in [2.75, 3.05) is 0 Å². The maximum atomic E-state index is 12.2. The second-order valence-electron chi connectivity index (χ2n) is 6.21. The van der Waals surface area contributed by atoms with E-state index in [9.17, 15) is 16.8 Å². The van der Waals surface area contributed by atoms with Crippen LogP contribution in [0.1, 0.15) is 25.0 Å². The number of hydrogen-bond donors (Lipinski definition) is 2. The summed E-state index contributed by atoms with van der Waals surface area (Å²) in [7, 11) is -7.65. The molecule has 0 aliphatic rings. The van der Waals surface area contributed by atoms with Gasteiger partial charge < -0.3 is 0 Å². The lowest BCUT2D eigenvalue weighted by atomic mass is 10.2. The van der Waals surface area contributed by atoms with E-state index in [0.29, 0.717) is 0 Å². The summed E-state index contributed by atoms with van der Waals surface area (Å²) in [6.45, 7) is 6.72. The zero-order chi connectivity index (χ0) is 20.9. The molecule has 0 heterocycles. The zero-order valence-electron chi connectivity index (χ0n) is 16.0. The number of benzene rings is 2. The molecule has 28 heavy (non-hydrogen) atoms. The normalized spacial score (nSPS) is 13.3. The molecule has 2 aromatic carbocycles. The molecule has 0 atom stereocenters. The average molecular weight is 423 g/mol. The summed E-state index contributed by atoms with van der Waals surface area (Å²) in [4.78, 5) is 4.37. The molecule has 0 aromatic heterocycles. The van der Waals surface area contributed by atoms with E-state index in [1.54, 1.807) is 24.3 Å². The van der Waals surface area contributed by atoms with Crippen molar-refractivity contribution in [1.82, 2.24) is 9.66 Å². The van der Waals surface area contributed by atoms with Gasteiger partial charge in [-0.3, -0.25) is 0 Å². The Balaban J connectivity index is 2.11. The molecule has 150 valence electrons. The fraction of sp³-hybridized carbons (Fsp3) is 0.222. The molecule has 0 unspecified atom stereocenters. The van der Waals surface area contributed by atoms with Crippen LogP contribution in [0.2, 0.25) is 0 Å². The fourth-order valence-electron chi connectivity index (χ4n) is 1.96. The molecule has 8 nitrogen and oxygen atoms in total. The molecule has 0 radical (unpaired) electrons. The highest BCUT2D eigenvalue weighted by molar-refractivity contribution is 7.89. The van der Waals surface area contributed by atoms with Crippen LogP contribution in [-0.4, -0.2) is 28.3 Å². The standard InChI is InChI=1S/C18H22N4O4S2/c1-13-5-9-17(10-6-13)27(23,24)21-19-15(3)16(4)20-22-28(25,26)18-11-7-14(2)8-12-18/h5-12,21-22H,1-4H3. The molecule has 0 aliphatic carbocycles. The van der Waals surface area contributed by atoms with Gasteiger partial charge in [-0.15, -0.1) is 0 Å². The summed E-state index contributed by atoms with van der Waals surface area (Å²) >= 11 is 0. The Kier molecular flexibility index (Phi) is 6.57. The summed E-state index contributed by atoms with van der Waals surface area (Å²) in [5, 5.41) is 7.59.